The molecule has 1 aliphatic rings. The largest absolute Gasteiger partial charge is 0.392 e. The summed E-state index contributed by atoms with van der Waals surface area (Å²) in [7, 11) is 0. The average Bonchev–Trinajstić information content (AvgIpc) is 2.71. The molecule has 5 nitrogen and oxygen atoms in total. The van der Waals surface area contributed by atoms with Crippen LogP contribution in [0.2, 0.25) is 0 Å². The topological polar surface area (TPSA) is 71.2 Å². The molecule has 0 aromatic carbocycles. The standard InChI is InChI=1S/C8H13N3O2.ClH/c1-2-7-10-8(13-11-7)6-3-5(12)4-9-6;/h5-6,9,12H,2-4H2,1H3;1H/t5-,6+;/m0./s1. The smallest absolute Gasteiger partial charge is 0.243 e. The van der Waals surface area contributed by atoms with Crippen LogP contribution in [0.3, 0.4) is 0 Å². The van der Waals surface area contributed by atoms with E-state index in [9.17, 15) is 5.11 Å². The lowest BCUT2D eigenvalue weighted by atomic mass is 10.2. The Kier molecular flexibility index (Phi) is 3.86. The minimum Gasteiger partial charge on any atom is -0.392 e. The first kappa shape index (κ1) is 11.4. The van der Waals surface area contributed by atoms with E-state index in [0.29, 0.717) is 18.9 Å². The number of hydrogen-bond donors (Lipinski definition) is 2. The summed E-state index contributed by atoms with van der Waals surface area (Å²) in [6.07, 6.45) is 1.14. The molecule has 2 N–H and O–H groups in total. The van der Waals surface area contributed by atoms with Crippen LogP contribution in [-0.4, -0.2) is 27.9 Å². The highest BCUT2D eigenvalue weighted by Crippen LogP contribution is 2.21. The number of nitrogens with zero attached hydrogens (tertiary/aromatic N) is 2. The first-order valence-electron chi connectivity index (χ1n) is 4.53. The van der Waals surface area contributed by atoms with Gasteiger partial charge >= 0.3 is 0 Å². The Bertz CT molecular complexity index is 292. The third-order valence-electron chi connectivity index (χ3n) is 2.21. The van der Waals surface area contributed by atoms with Crippen LogP contribution in [0.15, 0.2) is 4.52 Å². The van der Waals surface area contributed by atoms with E-state index >= 15 is 0 Å². The quantitative estimate of drug-likeness (QED) is 0.756. The van der Waals surface area contributed by atoms with Crippen LogP contribution < -0.4 is 5.32 Å². The summed E-state index contributed by atoms with van der Waals surface area (Å²) in [5, 5.41) is 16.2. The fourth-order valence-electron chi connectivity index (χ4n) is 1.46. The SMILES string of the molecule is CCc1noc([C@H]2C[C@H](O)CN2)n1.Cl. The van der Waals surface area contributed by atoms with Crippen LogP contribution in [0.4, 0.5) is 0 Å². The van der Waals surface area contributed by atoms with Gasteiger partial charge in [0.2, 0.25) is 5.89 Å². The highest BCUT2D eigenvalue weighted by molar-refractivity contribution is 5.85. The van der Waals surface area contributed by atoms with Gasteiger partial charge in [-0.25, -0.2) is 0 Å². The van der Waals surface area contributed by atoms with E-state index in [0.717, 1.165) is 12.2 Å². The molecule has 1 saturated heterocycles. The predicted molar refractivity (Wildman–Crippen MR) is 52.3 cm³/mol. The second-order valence-electron chi connectivity index (χ2n) is 3.25. The lowest BCUT2D eigenvalue weighted by Crippen LogP contribution is -2.15. The highest BCUT2D eigenvalue weighted by atomic mass is 35.5. The van der Waals surface area contributed by atoms with Gasteiger partial charge in [-0.1, -0.05) is 12.1 Å². The van der Waals surface area contributed by atoms with Gasteiger partial charge in [0.05, 0.1) is 12.1 Å². The minimum absolute atomic E-state index is 0. The van der Waals surface area contributed by atoms with E-state index < -0.39 is 0 Å². The van der Waals surface area contributed by atoms with Crippen LogP contribution in [0.25, 0.3) is 0 Å². The van der Waals surface area contributed by atoms with Gasteiger partial charge in [-0.15, -0.1) is 12.4 Å². The molecule has 1 aromatic rings. The molecule has 1 aromatic heterocycles. The van der Waals surface area contributed by atoms with Gasteiger partial charge in [-0.05, 0) is 6.42 Å². The van der Waals surface area contributed by atoms with Crippen molar-refractivity contribution in [1.82, 2.24) is 15.5 Å². The van der Waals surface area contributed by atoms with Crippen LogP contribution in [0.1, 0.15) is 31.1 Å². The fraction of sp³-hybridized carbons (Fsp3) is 0.750. The number of nitrogens with one attached hydrogen (secondary N) is 1. The molecule has 0 amide bonds. The van der Waals surface area contributed by atoms with Gasteiger partial charge in [0.1, 0.15) is 0 Å². The van der Waals surface area contributed by atoms with Crippen molar-refractivity contribution in [1.29, 1.82) is 0 Å². The van der Waals surface area contributed by atoms with Crippen LogP contribution >= 0.6 is 12.4 Å². The maximum Gasteiger partial charge on any atom is 0.243 e. The molecule has 1 aliphatic heterocycles. The molecule has 0 saturated carbocycles. The van der Waals surface area contributed by atoms with Crippen molar-refractivity contribution in [3.8, 4) is 0 Å². The van der Waals surface area contributed by atoms with E-state index in [-0.39, 0.29) is 24.6 Å². The number of aliphatic hydroxyl groups is 1. The van der Waals surface area contributed by atoms with Gasteiger partial charge in [0.25, 0.3) is 0 Å². The predicted octanol–water partition coefficient (Wildman–Crippen LogP) is 0.449. The average molecular weight is 220 g/mol. The highest BCUT2D eigenvalue weighted by Gasteiger charge is 2.27. The maximum atomic E-state index is 9.27. The molecular weight excluding hydrogens is 206 g/mol. The molecule has 2 atom stereocenters. The first-order chi connectivity index (χ1) is 6.29. The summed E-state index contributed by atoms with van der Waals surface area (Å²) >= 11 is 0. The second kappa shape index (κ2) is 4.72. The Morgan fingerprint density at radius 3 is 2.93 bits per heavy atom. The number of rotatable bonds is 2. The minimum atomic E-state index is -0.290. The van der Waals surface area contributed by atoms with Gasteiger partial charge < -0.3 is 14.9 Å². The molecular formula is C8H14ClN3O2. The van der Waals surface area contributed by atoms with Gasteiger partial charge in [0.15, 0.2) is 5.82 Å². The van der Waals surface area contributed by atoms with Crippen molar-refractivity contribution in [3.63, 3.8) is 0 Å². The summed E-state index contributed by atoms with van der Waals surface area (Å²) in [5.41, 5.74) is 0. The molecule has 0 spiro atoms. The van der Waals surface area contributed by atoms with Crippen molar-refractivity contribution in [2.75, 3.05) is 6.54 Å². The summed E-state index contributed by atoms with van der Waals surface area (Å²) in [4.78, 5) is 4.19. The zero-order valence-electron chi connectivity index (χ0n) is 7.93. The van der Waals surface area contributed by atoms with Crippen molar-refractivity contribution in [3.05, 3.63) is 11.7 Å². The summed E-state index contributed by atoms with van der Waals surface area (Å²) in [5.74, 6) is 1.31. The van der Waals surface area contributed by atoms with Gasteiger partial charge in [0, 0.05) is 13.0 Å². The number of hydrogen-bond acceptors (Lipinski definition) is 5. The number of aliphatic hydroxyl groups excluding tert-OH is 1. The summed E-state index contributed by atoms with van der Waals surface area (Å²) in [6, 6.07) is 0.0304. The van der Waals surface area contributed by atoms with E-state index in [1.807, 2.05) is 6.92 Å². The normalized spacial score (nSPS) is 26.1. The Balaban J connectivity index is 0.000000980. The third-order valence-corrected chi connectivity index (χ3v) is 2.21. The van der Waals surface area contributed by atoms with E-state index in [1.165, 1.54) is 0 Å². The van der Waals surface area contributed by atoms with Crippen LogP contribution in [0.5, 0.6) is 0 Å². The molecule has 2 heterocycles. The molecule has 2 rings (SSSR count). The Morgan fingerprint density at radius 2 is 2.43 bits per heavy atom. The summed E-state index contributed by atoms with van der Waals surface area (Å²) in [6.45, 7) is 2.58. The maximum absolute atomic E-state index is 9.27. The molecule has 14 heavy (non-hydrogen) atoms. The zero-order chi connectivity index (χ0) is 9.26. The van der Waals surface area contributed by atoms with E-state index in [1.54, 1.807) is 0 Å². The van der Waals surface area contributed by atoms with Crippen molar-refractivity contribution in [2.45, 2.75) is 31.9 Å². The lowest BCUT2D eigenvalue weighted by Gasteiger charge is -2.01. The lowest BCUT2D eigenvalue weighted by molar-refractivity contribution is 0.191. The third kappa shape index (κ3) is 2.23. The fourth-order valence-corrected chi connectivity index (χ4v) is 1.46. The number of β-amino-alcohol motifs (C(OH)–C–C–N with tert-alkyl or cyclic N) is 1. The molecule has 80 valence electrons. The summed E-state index contributed by atoms with van der Waals surface area (Å²) < 4.78 is 5.05. The van der Waals surface area contributed by atoms with Crippen molar-refractivity contribution in [2.24, 2.45) is 0 Å². The number of aryl methyl sites for hydroxylation is 1. The molecule has 1 fully saturated rings. The van der Waals surface area contributed by atoms with Crippen LogP contribution in [0, 0.1) is 0 Å². The molecule has 6 heteroatoms. The zero-order valence-corrected chi connectivity index (χ0v) is 8.75. The Morgan fingerprint density at radius 1 is 1.64 bits per heavy atom. The molecule has 0 aliphatic carbocycles. The van der Waals surface area contributed by atoms with E-state index in [4.69, 9.17) is 4.52 Å². The molecule has 0 radical (unpaired) electrons. The van der Waals surface area contributed by atoms with Crippen molar-refractivity contribution < 1.29 is 9.63 Å². The van der Waals surface area contributed by atoms with Gasteiger partial charge in [-0.2, -0.15) is 4.98 Å². The van der Waals surface area contributed by atoms with E-state index in [2.05, 4.69) is 15.5 Å². The second-order valence-corrected chi connectivity index (χ2v) is 3.25. The number of halogens is 1. The number of aromatic nitrogens is 2. The van der Waals surface area contributed by atoms with Crippen LogP contribution in [-0.2, 0) is 6.42 Å². The Labute approximate surface area is 88.3 Å². The first-order valence-corrected chi connectivity index (χ1v) is 4.53. The Hall–Kier alpha value is -0.650. The monoisotopic (exact) mass is 219 g/mol. The van der Waals surface area contributed by atoms with Crippen molar-refractivity contribution >= 4 is 12.4 Å². The molecule has 0 bridgehead atoms. The molecule has 0 unspecified atom stereocenters. The van der Waals surface area contributed by atoms with Gasteiger partial charge in [-0.3, -0.25) is 0 Å².